The van der Waals surface area contributed by atoms with Gasteiger partial charge in [-0.2, -0.15) is 0 Å². The Labute approximate surface area is 184 Å². The summed E-state index contributed by atoms with van der Waals surface area (Å²) in [5.74, 6) is 1.00. The Kier molecular flexibility index (Phi) is 9.75. The number of ether oxygens (including phenoxy) is 2. The maximum Gasteiger partial charge on any atom is 0.193 e. The minimum atomic E-state index is 0. The van der Waals surface area contributed by atoms with E-state index < -0.39 is 0 Å². The molecule has 0 radical (unpaired) electrons. The van der Waals surface area contributed by atoms with Gasteiger partial charge in [0.05, 0.1) is 29.5 Å². The number of aromatic nitrogens is 1. The summed E-state index contributed by atoms with van der Waals surface area (Å²) >= 11 is 1.79. The molecule has 1 atom stereocenters. The van der Waals surface area contributed by atoms with E-state index in [0.717, 1.165) is 75.2 Å². The lowest BCUT2D eigenvalue weighted by Gasteiger charge is -2.34. The van der Waals surface area contributed by atoms with Crippen molar-refractivity contribution in [1.29, 1.82) is 0 Å². The van der Waals surface area contributed by atoms with E-state index in [1.165, 1.54) is 11.3 Å². The lowest BCUT2D eigenvalue weighted by atomic mass is 10.1. The Balaban J connectivity index is 0.00000261. The third kappa shape index (κ3) is 6.83. The number of guanidine groups is 1. The number of aliphatic imine (C=N–C) groups is 1. The zero-order valence-corrected chi connectivity index (χ0v) is 19.8. The van der Waals surface area contributed by atoms with Crippen LogP contribution < -0.4 is 5.32 Å². The molecule has 8 heteroatoms. The van der Waals surface area contributed by atoms with Gasteiger partial charge < -0.3 is 19.7 Å². The highest BCUT2D eigenvalue weighted by Crippen LogP contribution is 2.19. The van der Waals surface area contributed by atoms with Crippen molar-refractivity contribution in [2.24, 2.45) is 4.99 Å². The summed E-state index contributed by atoms with van der Waals surface area (Å²) in [6.07, 6.45) is 6.11. The maximum absolute atomic E-state index is 6.07. The third-order valence-corrected chi connectivity index (χ3v) is 6.26. The average Bonchev–Trinajstić information content (AvgIpc) is 3.27. The number of hydrogen-bond donors (Lipinski definition) is 1. The van der Waals surface area contributed by atoms with Crippen LogP contribution in [-0.2, 0) is 15.9 Å². The highest BCUT2D eigenvalue weighted by atomic mass is 127. The third-order valence-electron chi connectivity index (χ3n) is 5.13. The first-order valence-electron chi connectivity index (χ1n) is 9.77. The second-order valence-corrected chi connectivity index (χ2v) is 8.41. The van der Waals surface area contributed by atoms with Crippen LogP contribution in [0, 0.1) is 13.8 Å². The predicted molar refractivity (Wildman–Crippen MR) is 122 cm³/mol. The first-order chi connectivity index (χ1) is 12.7. The number of halogens is 1. The normalized spacial score (nSPS) is 21.4. The molecule has 0 saturated carbocycles. The lowest BCUT2D eigenvalue weighted by Crippen LogP contribution is -2.47. The quantitative estimate of drug-likeness (QED) is 0.364. The summed E-state index contributed by atoms with van der Waals surface area (Å²) in [4.78, 5) is 12.7. The van der Waals surface area contributed by atoms with E-state index in [4.69, 9.17) is 9.47 Å². The number of rotatable bonds is 6. The van der Waals surface area contributed by atoms with Gasteiger partial charge in [0, 0.05) is 44.6 Å². The van der Waals surface area contributed by atoms with E-state index >= 15 is 0 Å². The van der Waals surface area contributed by atoms with Crippen molar-refractivity contribution in [3.63, 3.8) is 0 Å². The van der Waals surface area contributed by atoms with Gasteiger partial charge in [0.15, 0.2) is 5.96 Å². The Morgan fingerprint density at radius 2 is 2.11 bits per heavy atom. The Morgan fingerprint density at radius 1 is 1.33 bits per heavy atom. The van der Waals surface area contributed by atoms with E-state index in [1.54, 1.807) is 11.3 Å². The van der Waals surface area contributed by atoms with Crippen molar-refractivity contribution in [3.8, 4) is 0 Å². The number of aryl methyl sites for hydroxylation is 2. The Morgan fingerprint density at radius 3 is 2.70 bits per heavy atom. The summed E-state index contributed by atoms with van der Waals surface area (Å²) in [6, 6.07) is 0. The molecule has 1 N–H and O–H groups in total. The highest BCUT2D eigenvalue weighted by Gasteiger charge is 2.24. The fourth-order valence-electron chi connectivity index (χ4n) is 3.68. The number of likely N-dealkylation sites (tertiary alicyclic amines) is 1. The Hall–Kier alpha value is -0.450. The van der Waals surface area contributed by atoms with Crippen LogP contribution in [-0.4, -0.2) is 67.9 Å². The molecule has 0 aliphatic carbocycles. The molecule has 0 spiro atoms. The average molecular weight is 508 g/mol. The van der Waals surface area contributed by atoms with Crippen LogP contribution in [0.1, 0.15) is 41.3 Å². The minimum Gasteiger partial charge on any atom is -0.376 e. The molecule has 6 nitrogen and oxygen atoms in total. The number of hydrogen-bond acceptors (Lipinski definition) is 5. The van der Waals surface area contributed by atoms with Crippen LogP contribution in [0.3, 0.4) is 0 Å². The maximum atomic E-state index is 6.07. The van der Waals surface area contributed by atoms with Gasteiger partial charge in [-0.25, -0.2) is 4.98 Å². The van der Waals surface area contributed by atoms with Crippen molar-refractivity contribution in [2.75, 3.05) is 39.9 Å². The van der Waals surface area contributed by atoms with E-state index in [-0.39, 0.29) is 24.0 Å². The van der Waals surface area contributed by atoms with Crippen LogP contribution in [0.4, 0.5) is 0 Å². The second kappa shape index (κ2) is 11.5. The van der Waals surface area contributed by atoms with E-state index in [1.807, 2.05) is 7.05 Å². The largest absolute Gasteiger partial charge is 0.376 e. The number of nitrogens with one attached hydrogen (secondary N) is 1. The summed E-state index contributed by atoms with van der Waals surface area (Å²) in [5.41, 5.74) is 1.16. The fourth-order valence-corrected chi connectivity index (χ4v) is 4.62. The minimum absolute atomic E-state index is 0. The van der Waals surface area contributed by atoms with Gasteiger partial charge in [-0.05, 0) is 39.5 Å². The zero-order chi connectivity index (χ0) is 18.4. The Bertz CT molecular complexity index is 597. The molecule has 3 heterocycles. The first-order valence-corrected chi connectivity index (χ1v) is 10.6. The molecular formula is C19H33IN4O2S. The van der Waals surface area contributed by atoms with Crippen molar-refractivity contribution in [2.45, 2.75) is 58.2 Å². The topological polar surface area (TPSA) is 59.0 Å². The predicted octanol–water partition coefficient (Wildman–Crippen LogP) is 3.16. The van der Waals surface area contributed by atoms with Crippen molar-refractivity contribution >= 4 is 41.3 Å². The molecule has 3 rings (SSSR count). The van der Waals surface area contributed by atoms with Crippen molar-refractivity contribution in [1.82, 2.24) is 15.2 Å². The molecule has 27 heavy (non-hydrogen) atoms. The van der Waals surface area contributed by atoms with Gasteiger partial charge in [0.1, 0.15) is 0 Å². The summed E-state index contributed by atoms with van der Waals surface area (Å²) < 4.78 is 11.7. The molecule has 0 bridgehead atoms. The van der Waals surface area contributed by atoms with Crippen LogP contribution in [0.15, 0.2) is 4.99 Å². The van der Waals surface area contributed by atoms with Crippen LogP contribution in [0.5, 0.6) is 0 Å². The van der Waals surface area contributed by atoms with Crippen LogP contribution in [0.2, 0.25) is 0 Å². The van der Waals surface area contributed by atoms with Crippen LogP contribution >= 0.6 is 35.3 Å². The van der Waals surface area contributed by atoms with E-state index in [9.17, 15) is 0 Å². The standard InChI is InChI=1S/C19H32N4O2S.HI/c1-14-18(26-15(2)22-14)6-9-21-19(20-3)23-10-7-16(8-11-23)25-13-17-5-4-12-24-17;/h16-17H,4-13H2,1-3H3,(H,20,21);1H. The number of piperidine rings is 1. The molecule has 2 aliphatic rings. The van der Waals surface area contributed by atoms with Crippen molar-refractivity contribution < 1.29 is 9.47 Å². The zero-order valence-electron chi connectivity index (χ0n) is 16.7. The molecule has 154 valence electrons. The molecule has 1 unspecified atom stereocenters. The first kappa shape index (κ1) is 22.8. The number of nitrogens with zero attached hydrogens (tertiary/aromatic N) is 3. The van der Waals surface area contributed by atoms with Gasteiger partial charge >= 0.3 is 0 Å². The monoisotopic (exact) mass is 508 g/mol. The molecular weight excluding hydrogens is 475 g/mol. The highest BCUT2D eigenvalue weighted by molar-refractivity contribution is 14.0. The molecule has 2 saturated heterocycles. The number of thiazole rings is 1. The second-order valence-electron chi connectivity index (χ2n) is 7.12. The molecule has 0 aromatic carbocycles. The smallest absolute Gasteiger partial charge is 0.193 e. The van der Waals surface area contributed by atoms with Gasteiger partial charge in [-0.3, -0.25) is 4.99 Å². The fraction of sp³-hybridized carbons (Fsp3) is 0.789. The van der Waals surface area contributed by atoms with Gasteiger partial charge in [-0.1, -0.05) is 0 Å². The lowest BCUT2D eigenvalue weighted by molar-refractivity contribution is -0.0367. The molecule has 1 aromatic heterocycles. The van der Waals surface area contributed by atoms with Crippen LogP contribution in [0.25, 0.3) is 0 Å². The van der Waals surface area contributed by atoms with Gasteiger partial charge in [0.25, 0.3) is 0 Å². The molecule has 2 fully saturated rings. The molecule has 1 aromatic rings. The van der Waals surface area contributed by atoms with Gasteiger partial charge in [-0.15, -0.1) is 35.3 Å². The SMILES string of the molecule is CN=C(NCCc1sc(C)nc1C)N1CCC(OCC2CCCO2)CC1.I. The van der Waals surface area contributed by atoms with E-state index in [2.05, 4.69) is 34.0 Å². The molecule has 2 aliphatic heterocycles. The summed E-state index contributed by atoms with van der Waals surface area (Å²) in [5, 5.41) is 4.66. The molecule has 0 amide bonds. The summed E-state index contributed by atoms with van der Waals surface area (Å²) in [6.45, 7) is 8.70. The van der Waals surface area contributed by atoms with E-state index in [0.29, 0.717) is 12.2 Å². The van der Waals surface area contributed by atoms with Crippen molar-refractivity contribution in [3.05, 3.63) is 15.6 Å². The van der Waals surface area contributed by atoms with Gasteiger partial charge in [0.2, 0.25) is 0 Å². The summed E-state index contributed by atoms with van der Waals surface area (Å²) in [7, 11) is 1.87.